The molecule has 3 nitrogen and oxygen atoms in total. The van der Waals surface area contributed by atoms with Crippen LogP contribution in [0.5, 0.6) is 0 Å². The van der Waals surface area contributed by atoms with Gasteiger partial charge in [-0.1, -0.05) is 0 Å². The van der Waals surface area contributed by atoms with Gasteiger partial charge >= 0.3 is 0 Å². The van der Waals surface area contributed by atoms with Gasteiger partial charge in [0.25, 0.3) is 0 Å². The van der Waals surface area contributed by atoms with Crippen LogP contribution in [-0.4, -0.2) is 47.9 Å². The molecule has 1 aliphatic rings. The Morgan fingerprint density at radius 2 is 1.79 bits per heavy atom. The van der Waals surface area contributed by atoms with Gasteiger partial charge in [-0.3, -0.25) is 9.69 Å². The fourth-order valence-corrected chi connectivity index (χ4v) is 1.61. The fourth-order valence-electron chi connectivity index (χ4n) is 1.61. The molecular weight excluding hydrogens is 176 g/mol. The summed E-state index contributed by atoms with van der Waals surface area (Å²) in [6.07, 6.45) is 2.49. The van der Waals surface area contributed by atoms with E-state index in [-0.39, 0.29) is 11.4 Å². The molecule has 0 bridgehead atoms. The predicted molar refractivity (Wildman–Crippen MR) is 58.2 cm³/mol. The lowest BCUT2D eigenvalue weighted by molar-refractivity contribution is -0.135. The van der Waals surface area contributed by atoms with Crippen molar-refractivity contribution in [1.29, 1.82) is 0 Å². The molecule has 0 aromatic heterocycles. The number of nitrogens with zero attached hydrogens (tertiary/aromatic N) is 2. The minimum absolute atomic E-state index is 0.0587. The molecule has 0 saturated carbocycles. The molecule has 0 unspecified atom stereocenters. The second-order valence-electron chi connectivity index (χ2n) is 5.11. The van der Waals surface area contributed by atoms with Crippen LogP contribution in [0.4, 0.5) is 0 Å². The van der Waals surface area contributed by atoms with E-state index in [1.165, 1.54) is 12.8 Å². The summed E-state index contributed by atoms with van der Waals surface area (Å²) in [6, 6.07) is 0. The van der Waals surface area contributed by atoms with Crippen LogP contribution in [0.2, 0.25) is 0 Å². The Labute approximate surface area is 87.1 Å². The van der Waals surface area contributed by atoms with Crippen LogP contribution in [0.1, 0.15) is 33.6 Å². The average molecular weight is 198 g/mol. The summed E-state index contributed by atoms with van der Waals surface area (Å²) in [7, 11) is 1.89. The van der Waals surface area contributed by atoms with Gasteiger partial charge in [-0.25, -0.2) is 0 Å². The van der Waals surface area contributed by atoms with Crippen LogP contribution in [0.3, 0.4) is 0 Å². The molecule has 1 heterocycles. The summed E-state index contributed by atoms with van der Waals surface area (Å²) in [5.41, 5.74) is -0.0587. The maximum atomic E-state index is 11.8. The van der Waals surface area contributed by atoms with Gasteiger partial charge in [-0.15, -0.1) is 0 Å². The fraction of sp³-hybridized carbons (Fsp3) is 0.909. The highest BCUT2D eigenvalue weighted by molar-refractivity contribution is 5.78. The van der Waals surface area contributed by atoms with Gasteiger partial charge in [-0.05, 0) is 46.7 Å². The highest BCUT2D eigenvalue weighted by Gasteiger charge is 2.24. The quantitative estimate of drug-likeness (QED) is 0.668. The SMILES string of the molecule is CN(C(=O)CN1CCCC1)C(C)(C)C. The third-order valence-electron chi connectivity index (χ3n) is 2.94. The van der Waals surface area contributed by atoms with Crippen molar-refractivity contribution in [2.75, 3.05) is 26.7 Å². The Bertz CT molecular complexity index is 202. The molecule has 0 aromatic rings. The lowest BCUT2D eigenvalue weighted by atomic mass is 10.1. The Balaban J connectivity index is 2.41. The van der Waals surface area contributed by atoms with Crippen LogP contribution >= 0.6 is 0 Å². The first kappa shape index (κ1) is 11.5. The van der Waals surface area contributed by atoms with Crippen molar-refractivity contribution in [2.45, 2.75) is 39.2 Å². The molecule has 14 heavy (non-hydrogen) atoms. The molecule has 0 N–H and O–H groups in total. The number of carbonyl (C=O) groups excluding carboxylic acids is 1. The molecule has 1 saturated heterocycles. The lowest BCUT2D eigenvalue weighted by Crippen LogP contribution is -2.46. The molecular formula is C11H22N2O. The molecule has 82 valence electrons. The van der Waals surface area contributed by atoms with Crippen molar-refractivity contribution in [2.24, 2.45) is 0 Å². The lowest BCUT2D eigenvalue weighted by Gasteiger charge is -2.33. The minimum atomic E-state index is -0.0587. The Morgan fingerprint density at radius 1 is 1.29 bits per heavy atom. The first-order chi connectivity index (χ1) is 6.41. The number of rotatable bonds is 2. The number of likely N-dealkylation sites (tertiary alicyclic amines) is 1. The van der Waals surface area contributed by atoms with E-state index in [1.807, 2.05) is 11.9 Å². The van der Waals surface area contributed by atoms with Crippen LogP contribution in [-0.2, 0) is 4.79 Å². The molecule has 0 spiro atoms. The number of likely N-dealkylation sites (N-methyl/N-ethyl adjacent to an activating group) is 1. The van der Waals surface area contributed by atoms with E-state index in [0.29, 0.717) is 6.54 Å². The summed E-state index contributed by atoms with van der Waals surface area (Å²) in [5.74, 6) is 0.236. The maximum Gasteiger partial charge on any atom is 0.236 e. The van der Waals surface area contributed by atoms with Gasteiger partial charge in [-0.2, -0.15) is 0 Å². The van der Waals surface area contributed by atoms with E-state index in [0.717, 1.165) is 13.1 Å². The molecule has 0 radical (unpaired) electrons. The zero-order valence-corrected chi connectivity index (χ0v) is 9.84. The first-order valence-corrected chi connectivity index (χ1v) is 5.40. The first-order valence-electron chi connectivity index (χ1n) is 5.40. The second kappa shape index (κ2) is 4.30. The molecule has 1 rings (SSSR count). The highest BCUT2D eigenvalue weighted by atomic mass is 16.2. The minimum Gasteiger partial charge on any atom is -0.340 e. The smallest absolute Gasteiger partial charge is 0.236 e. The normalized spacial score (nSPS) is 18.6. The van der Waals surface area contributed by atoms with Gasteiger partial charge in [0, 0.05) is 12.6 Å². The third-order valence-corrected chi connectivity index (χ3v) is 2.94. The van der Waals surface area contributed by atoms with Gasteiger partial charge in [0.2, 0.25) is 5.91 Å². The van der Waals surface area contributed by atoms with Crippen LogP contribution in [0.25, 0.3) is 0 Å². The number of carbonyl (C=O) groups is 1. The molecule has 0 aromatic carbocycles. The monoisotopic (exact) mass is 198 g/mol. The molecule has 1 aliphatic heterocycles. The third kappa shape index (κ3) is 2.98. The summed E-state index contributed by atoms with van der Waals surface area (Å²) in [4.78, 5) is 15.9. The zero-order chi connectivity index (χ0) is 10.8. The van der Waals surface area contributed by atoms with E-state index < -0.39 is 0 Å². The van der Waals surface area contributed by atoms with Crippen molar-refractivity contribution in [3.8, 4) is 0 Å². The number of hydrogen-bond acceptors (Lipinski definition) is 2. The van der Waals surface area contributed by atoms with Crippen LogP contribution in [0.15, 0.2) is 0 Å². The zero-order valence-electron chi connectivity index (χ0n) is 9.84. The van der Waals surface area contributed by atoms with Crippen molar-refractivity contribution < 1.29 is 4.79 Å². The van der Waals surface area contributed by atoms with Gasteiger partial charge in [0.1, 0.15) is 0 Å². The molecule has 0 atom stereocenters. The molecule has 1 fully saturated rings. The number of hydrogen-bond donors (Lipinski definition) is 0. The van der Waals surface area contributed by atoms with E-state index in [9.17, 15) is 4.79 Å². The number of amides is 1. The molecule has 0 aliphatic carbocycles. The second-order valence-corrected chi connectivity index (χ2v) is 5.11. The Hall–Kier alpha value is -0.570. The summed E-state index contributed by atoms with van der Waals surface area (Å²) < 4.78 is 0. The summed E-state index contributed by atoms with van der Waals surface area (Å²) >= 11 is 0. The van der Waals surface area contributed by atoms with Crippen molar-refractivity contribution >= 4 is 5.91 Å². The standard InChI is InChI=1S/C11H22N2O/c1-11(2,3)12(4)10(14)9-13-7-5-6-8-13/h5-9H2,1-4H3. The van der Waals surface area contributed by atoms with E-state index in [4.69, 9.17) is 0 Å². The van der Waals surface area contributed by atoms with E-state index >= 15 is 0 Å². The average Bonchev–Trinajstić information content (AvgIpc) is 2.53. The molecule has 3 heteroatoms. The van der Waals surface area contributed by atoms with Gasteiger partial charge in [0.15, 0.2) is 0 Å². The predicted octanol–water partition coefficient (Wildman–Crippen LogP) is 1.34. The van der Waals surface area contributed by atoms with Crippen molar-refractivity contribution in [3.05, 3.63) is 0 Å². The highest BCUT2D eigenvalue weighted by Crippen LogP contribution is 2.12. The van der Waals surface area contributed by atoms with E-state index in [2.05, 4.69) is 25.7 Å². The van der Waals surface area contributed by atoms with Crippen molar-refractivity contribution in [1.82, 2.24) is 9.80 Å². The Morgan fingerprint density at radius 3 is 2.21 bits per heavy atom. The summed E-state index contributed by atoms with van der Waals surface area (Å²) in [5, 5.41) is 0. The van der Waals surface area contributed by atoms with Gasteiger partial charge < -0.3 is 4.90 Å². The molecule has 1 amide bonds. The largest absolute Gasteiger partial charge is 0.340 e. The summed E-state index contributed by atoms with van der Waals surface area (Å²) in [6.45, 7) is 8.96. The van der Waals surface area contributed by atoms with Crippen LogP contribution < -0.4 is 0 Å². The topological polar surface area (TPSA) is 23.6 Å². The Kier molecular flexibility index (Phi) is 3.53. The van der Waals surface area contributed by atoms with Crippen molar-refractivity contribution in [3.63, 3.8) is 0 Å². The van der Waals surface area contributed by atoms with E-state index in [1.54, 1.807) is 0 Å². The maximum absolute atomic E-state index is 11.8. The van der Waals surface area contributed by atoms with Crippen LogP contribution in [0, 0.1) is 0 Å². The van der Waals surface area contributed by atoms with Gasteiger partial charge in [0.05, 0.1) is 6.54 Å².